The third-order valence-electron chi connectivity index (χ3n) is 3.87. The normalized spacial score (nSPS) is 12.5. The summed E-state index contributed by atoms with van der Waals surface area (Å²) in [5, 5.41) is 10.6. The van der Waals surface area contributed by atoms with E-state index in [0.717, 1.165) is 16.9 Å². The average molecular weight is 437 g/mol. The average Bonchev–Trinajstić information content (AvgIpc) is 3.17. The molecule has 0 radical (unpaired) electrons. The number of hydrogen-bond donors (Lipinski definition) is 2. The Balaban J connectivity index is 1.73. The van der Waals surface area contributed by atoms with Crippen molar-refractivity contribution in [3.05, 3.63) is 70.7 Å². The Morgan fingerprint density at radius 1 is 1.11 bits per heavy atom. The molecule has 0 aliphatic heterocycles. The quantitative estimate of drug-likeness (QED) is 0.547. The van der Waals surface area contributed by atoms with Crippen LogP contribution in [-0.2, 0) is 10.0 Å². The number of nitrogens with zero attached hydrogens (tertiary/aromatic N) is 2. The highest BCUT2D eigenvalue weighted by Crippen LogP contribution is 2.24. The summed E-state index contributed by atoms with van der Waals surface area (Å²) in [6, 6.07) is 15.2. The maximum absolute atomic E-state index is 12.7. The van der Waals surface area contributed by atoms with Crippen molar-refractivity contribution >= 4 is 44.0 Å². The fourth-order valence-electron chi connectivity index (χ4n) is 2.45. The van der Waals surface area contributed by atoms with Crippen LogP contribution in [0, 0.1) is 0 Å². The van der Waals surface area contributed by atoms with Crippen LogP contribution in [0.3, 0.4) is 0 Å². The summed E-state index contributed by atoms with van der Waals surface area (Å²) in [5.74, 6) is -0.430. The van der Waals surface area contributed by atoms with Gasteiger partial charge in [0.1, 0.15) is 0 Å². The number of hydrogen-bond acceptors (Lipinski definition) is 6. The molecule has 28 heavy (non-hydrogen) atoms. The topological polar surface area (TPSA) is 101 Å². The molecule has 3 rings (SSSR count). The van der Waals surface area contributed by atoms with Gasteiger partial charge in [0.05, 0.1) is 0 Å². The van der Waals surface area contributed by atoms with Crippen molar-refractivity contribution in [2.24, 2.45) is 0 Å². The van der Waals surface area contributed by atoms with Crippen LogP contribution >= 0.6 is 22.9 Å². The molecule has 0 spiro atoms. The number of sulfonamides is 1. The molecular formula is C18H17ClN4O3S2. The van der Waals surface area contributed by atoms with E-state index in [2.05, 4.69) is 20.2 Å². The predicted octanol–water partition coefficient (Wildman–Crippen LogP) is 3.87. The van der Waals surface area contributed by atoms with Crippen molar-refractivity contribution in [2.75, 3.05) is 5.32 Å². The van der Waals surface area contributed by atoms with Crippen molar-refractivity contribution in [3.63, 3.8) is 0 Å². The first kappa shape index (κ1) is 20.4. The summed E-state index contributed by atoms with van der Waals surface area (Å²) in [7, 11) is -3.88. The van der Waals surface area contributed by atoms with Gasteiger partial charge in [0.2, 0.25) is 9.47 Å². The van der Waals surface area contributed by atoms with E-state index in [0.29, 0.717) is 17.0 Å². The first-order chi connectivity index (χ1) is 13.4. The molecule has 0 aliphatic carbocycles. The minimum absolute atomic E-state index is 0.0908. The number of aromatic nitrogens is 2. The number of halogens is 1. The zero-order chi connectivity index (χ0) is 20.1. The lowest BCUT2D eigenvalue weighted by atomic mass is 10.1. The summed E-state index contributed by atoms with van der Waals surface area (Å²) in [6.45, 7) is 1.89. The van der Waals surface area contributed by atoms with Crippen molar-refractivity contribution in [3.8, 4) is 0 Å². The van der Waals surface area contributed by atoms with Crippen molar-refractivity contribution in [2.45, 2.75) is 23.7 Å². The summed E-state index contributed by atoms with van der Waals surface area (Å²) < 4.78 is 27.7. The van der Waals surface area contributed by atoms with E-state index in [1.165, 1.54) is 0 Å². The number of carbonyl (C=O) groups excluding carboxylic acids is 1. The molecular weight excluding hydrogens is 420 g/mol. The summed E-state index contributed by atoms with van der Waals surface area (Å²) in [5.41, 5.74) is 1.23. The van der Waals surface area contributed by atoms with Gasteiger partial charge in [-0.1, -0.05) is 60.2 Å². The fraction of sp³-hybridized carbons (Fsp3) is 0.167. The zero-order valence-corrected chi connectivity index (χ0v) is 17.2. The van der Waals surface area contributed by atoms with Crippen molar-refractivity contribution in [1.82, 2.24) is 14.9 Å². The lowest BCUT2D eigenvalue weighted by Crippen LogP contribution is -2.28. The molecule has 1 heterocycles. The molecule has 0 saturated carbocycles. The van der Waals surface area contributed by atoms with E-state index in [9.17, 15) is 13.2 Å². The first-order valence-electron chi connectivity index (χ1n) is 8.36. The van der Waals surface area contributed by atoms with E-state index < -0.39 is 15.9 Å². The predicted molar refractivity (Wildman–Crippen MR) is 109 cm³/mol. The monoisotopic (exact) mass is 436 g/mol. The van der Waals surface area contributed by atoms with Crippen LogP contribution in [0.5, 0.6) is 0 Å². The molecule has 0 fully saturated rings. The third kappa shape index (κ3) is 4.93. The molecule has 0 saturated heterocycles. The molecule has 0 aliphatic rings. The molecule has 1 amide bonds. The Hall–Kier alpha value is -2.33. The highest BCUT2D eigenvalue weighted by Gasteiger charge is 2.25. The van der Waals surface area contributed by atoms with Gasteiger partial charge >= 0.3 is 0 Å². The van der Waals surface area contributed by atoms with Crippen LogP contribution in [0.1, 0.15) is 35.3 Å². The van der Waals surface area contributed by atoms with Crippen LogP contribution in [0.4, 0.5) is 5.13 Å². The van der Waals surface area contributed by atoms with Gasteiger partial charge in [0, 0.05) is 16.6 Å². The SMILES string of the molecule is CCC(NS(=O)(=O)c1nnc(NC(=O)c2ccc(Cl)cc2)s1)c1ccccc1. The van der Waals surface area contributed by atoms with E-state index in [1.54, 1.807) is 24.3 Å². The summed E-state index contributed by atoms with van der Waals surface area (Å²) in [6.07, 6.45) is 0.572. The van der Waals surface area contributed by atoms with Gasteiger partial charge in [-0.2, -0.15) is 0 Å². The van der Waals surface area contributed by atoms with E-state index in [-0.39, 0.29) is 15.5 Å². The smallest absolute Gasteiger partial charge is 0.270 e. The van der Waals surface area contributed by atoms with Gasteiger partial charge in [-0.25, -0.2) is 13.1 Å². The van der Waals surface area contributed by atoms with E-state index in [4.69, 9.17) is 11.6 Å². The lowest BCUT2D eigenvalue weighted by Gasteiger charge is -2.16. The highest BCUT2D eigenvalue weighted by molar-refractivity contribution is 7.91. The minimum atomic E-state index is -3.88. The third-order valence-corrected chi connectivity index (χ3v) is 6.80. The van der Waals surface area contributed by atoms with Gasteiger partial charge in [-0.05, 0) is 36.2 Å². The maximum atomic E-state index is 12.7. The number of benzene rings is 2. The zero-order valence-electron chi connectivity index (χ0n) is 14.8. The number of nitrogens with one attached hydrogen (secondary N) is 2. The lowest BCUT2D eigenvalue weighted by molar-refractivity contribution is 0.102. The van der Waals surface area contributed by atoms with Gasteiger partial charge in [0.25, 0.3) is 15.9 Å². The molecule has 3 aromatic rings. The Morgan fingerprint density at radius 3 is 2.43 bits per heavy atom. The molecule has 0 bridgehead atoms. The number of anilines is 1. The van der Waals surface area contributed by atoms with Crippen molar-refractivity contribution < 1.29 is 13.2 Å². The van der Waals surface area contributed by atoms with Crippen LogP contribution in [0.25, 0.3) is 0 Å². The van der Waals surface area contributed by atoms with Crippen LogP contribution in [-0.4, -0.2) is 24.5 Å². The molecule has 7 nitrogen and oxygen atoms in total. The Bertz CT molecular complexity index is 1050. The fourth-order valence-corrected chi connectivity index (χ4v) is 4.79. The largest absolute Gasteiger partial charge is 0.296 e. The van der Waals surface area contributed by atoms with Gasteiger partial charge < -0.3 is 0 Å². The first-order valence-corrected chi connectivity index (χ1v) is 11.0. The van der Waals surface area contributed by atoms with Gasteiger partial charge in [-0.3, -0.25) is 10.1 Å². The molecule has 1 aromatic heterocycles. The second-order valence-corrected chi connectivity index (χ2v) is 9.13. The Labute approximate surface area is 171 Å². The van der Waals surface area contributed by atoms with E-state index >= 15 is 0 Å². The molecule has 2 aromatic carbocycles. The van der Waals surface area contributed by atoms with E-state index in [1.807, 2.05) is 37.3 Å². The number of amides is 1. The molecule has 10 heteroatoms. The second kappa shape index (κ2) is 8.78. The summed E-state index contributed by atoms with van der Waals surface area (Å²) in [4.78, 5) is 12.2. The van der Waals surface area contributed by atoms with Crippen LogP contribution < -0.4 is 10.0 Å². The minimum Gasteiger partial charge on any atom is -0.296 e. The highest BCUT2D eigenvalue weighted by atomic mass is 35.5. The molecule has 1 unspecified atom stereocenters. The number of carbonyl (C=O) groups is 1. The van der Waals surface area contributed by atoms with Crippen LogP contribution in [0.15, 0.2) is 58.9 Å². The number of rotatable bonds is 7. The Kier molecular flexibility index (Phi) is 6.40. The molecule has 2 N–H and O–H groups in total. The molecule has 146 valence electrons. The maximum Gasteiger partial charge on any atom is 0.270 e. The van der Waals surface area contributed by atoms with Crippen LogP contribution in [0.2, 0.25) is 5.02 Å². The summed E-state index contributed by atoms with van der Waals surface area (Å²) >= 11 is 6.59. The Morgan fingerprint density at radius 2 is 1.79 bits per heavy atom. The molecule has 1 atom stereocenters. The van der Waals surface area contributed by atoms with Gasteiger partial charge in [0.15, 0.2) is 0 Å². The standard InChI is InChI=1S/C18H17ClN4O3S2/c1-2-15(12-6-4-3-5-7-12)23-28(25,26)18-22-21-17(27-18)20-16(24)13-8-10-14(19)11-9-13/h3-11,15,23H,2H2,1H3,(H,20,21,24). The van der Waals surface area contributed by atoms with Crippen molar-refractivity contribution in [1.29, 1.82) is 0 Å². The van der Waals surface area contributed by atoms with Gasteiger partial charge in [-0.15, -0.1) is 10.2 Å². The second-order valence-electron chi connectivity index (χ2n) is 5.83.